The summed E-state index contributed by atoms with van der Waals surface area (Å²) in [7, 11) is 0. The zero-order valence-corrected chi connectivity index (χ0v) is 13.8. The predicted octanol–water partition coefficient (Wildman–Crippen LogP) is 1.61. The van der Waals surface area contributed by atoms with E-state index in [1.54, 1.807) is 12.4 Å². The van der Waals surface area contributed by atoms with Gasteiger partial charge in [0.25, 0.3) is 5.91 Å². The average Bonchev–Trinajstić information content (AvgIpc) is 3.35. The third-order valence-corrected chi connectivity index (χ3v) is 4.49. The van der Waals surface area contributed by atoms with Crippen LogP contribution in [0, 0.1) is 0 Å². The number of nitrogens with one attached hydrogen (secondary N) is 2. The van der Waals surface area contributed by atoms with Crippen LogP contribution in [0.25, 0.3) is 11.4 Å². The van der Waals surface area contributed by atoms with Gasteiger partial charge >= 0.3 is 0 Å². The normalized spacial score (nSPS) is 13.0. The maximum Gasteiger partial charge on any atom is 0.255 e. The Balaban J connectivity index is 1.51. The number of imidazole rings is 1. The first kappa shape index (κ1) is 15.6. The molecule has 0 unspecified atom stereocenters. The molecule has 2 aromatic heterocycles. The van der Waals surface area contributed by atoms with Crippen LogP contribution >= 0.6 is 0 Å². The van der Waals surface area contributed by atoms with Crippen LogP contribution in [0.5, 0.6) is 0 Å². The summed E-state index contributed by atoms with van der Waals surface area (Å²) in [5.41, 5.74) is 10.1. The molecule has 0 spiro atoms. The molecule has 4 rings (SSSR count). The van der Waals surface area contributed by atoms with Crippen LogP contribution in [-0.2, 0) is 26.1 Å². The van der Waals surface area contributed by atoms with Gasteiger partial charge in [0, 0.05) is 37.6 Å². The van der Waals surface area contributed by atoms with Gasteiger partial charge in [-0.2, -0.15) is 5.10 Å². The average molecular weight is 336 g/mol. The van der Waals surface area contributed by atoms with Crippen LogP contribution in [0.4, 0.5) is 0 Å². The van der Waals surface area contributed by atoms with Gasteiger partial charge < -0.3 is 16.0 Å². The summed E-state index contributed by atoms with van der Waals surface area (Å²) in [5.74, 6) is 0.708. The summed E-state index contributed by atoms with van der Waals surface area (Å²) < 4.78 is 1.91. The first-order valence-electron chi connectivity index (χ1n) is 8.42. The van der Waals surface area contributed by atoms with Crippen molar-refractivity contribution in [3.05, 3.63) is 59.2 Å². The topological polar surface area (TPSA) is 102 Å². The standard InChI is InChI=1S/C18H20N6O/c19-10-14-16(15-5-2-8-24(15)23-14)18(25)22-11-12-3-1-4-13(9-12)17-20-6-7-21-17/h1,3-4,6-7,9H,2,5,8,10-11,19H2,(H,20,21)(H,22,25). The van der Waals surface area contributed by atoms with Crippen molar-refractivity contribution in [3.63, 3.8) is 0 Å². The molecule has 4 N–H and O–H groups in total. The molecule has 7 nitrogen and oxygen atoms in total. The number of nitrogens with zero attached hydrogens (tertiary/aromatic N) is 3. The summed E-state index contributed by atoms with van der Waals surface area (Å²) in [6.07, 6.45) is 5.42. The Kier molecular flexibility index (Phi) is 4.07. The van der Waals surface area contributed by atoms with Crippen LogP contribution in [0.2, 0.25) is 0 Å². The van der Waals surface area contributed by atoms with Crippen LogP contribution in [0.1, 0.15) is 33.7 Å². The fourth-order valence-corrected chi connectivity index (χ4v) is 3.31. The third-order valence-electron chi connectivity index (χ3n) is 4.49. The second-order valence-corrected chi connectivity index (χ2v) is 6.12. The number of carbonyl (C=O) groups is 1. The summed E-state index contributed by atoms with van der Waals surface area (Å²) in [6, 6.07) is 7.95. The smallest absolute Gasteiger partial charge is 0.255 e. The number of H-pyrrole nitrogens is 1. The molecular formula is C18H20N6O. The van der Waals surface area contributed by atoms with E-state index in [0.717, 1.165) is 42.0 Å². The maximum atomic E-state index is 12.7. The van der Waals surface area contributed by atoms with Crippen LogP contribution < -0.4 is 11.1 Å². The number of rotatable bonds is 5. The molecule has 0 fully saturated rings. The van der Waals surface area contributed by atoms with Gasteiger partial charge in [-0.15, -0.1) is 0 Å². The number of fused-ring (bicyclic) bond motifs is 1. The minimum absolute atomic E-state index is 0.105. The highest BCUT2D eigenvalue weighted by molar-refractivity contribution is 5.96. The lowest BCUT2D eigenvalue weighted by molar-refractivity contribution is 0.0949. The van der Waals surface area contributed by atoms with E-state index in [0.29, 0.717) is 17.8 Å². The molecule has 7 heteroatoms. The fraction of sp³-hybridized carbons (Fsp3) is 0.278. The molecule has 25 heavy (non-hydrogen) atoms. The number of amides is 1. The van der Waals surface area contributed by atoms with Gasteiger partial charge in [-0.3, -0.25) is 9.48 Å². The highest BCUT2D eigenvalue weighted by Crippen LogP contribution is 2.22. The van der Waals surface area contributed by atoms with E-state index in [9.17, 15) is 4.79 Å². The monoisotopic (exact) mass is 336 g/mol. The predicted molar refractivity (Wildman–Crippen MR) is 93.6 cm³/mol. The van der Waals surface area contributed by atoms with E-state index >= 15 is 0 Å². The number of aryl methyl sites for hydroxylation is 1. The van der Waals surface area contributed by atoms with Crippen molar-refractivity contribution in [3.8, 4) is 11.4 Å². The number of benzene rings is 1. The Bertz CT molecular complexity index is 896. The van der Waals surface area contributed by atoms with E-state index in [1.807, 2.05) is 28.9 Å². The summed E-state index contributed by atoms with van der Waals surface area (Å²) in [4.78, 5) is 20.0. The Morgan fingerprint density at radius 3 is 3.12 bits per heavy atom. The van der Waals surface area contributed by atoms with Crippen molar-refractivity contribution in [1.82, 2.24) is 25.1 Å². The molecule has 1 aliphatic rings. The van der Waals surface area contributed by atoms with Crippen molar-refractivity contribution in [2.24, 2.45) is 5.73 Å². The lowest BCUT2D eigenvalue weighted by atomic mass is 10.1. The van der Waals surface area contributed by atoms with Gasteiger partial charge in [-0.05, 0) is 24.5 Å². The fourth-order valence-electron chi connectivity index (χ4n) is 3.31. The Hall–Kier alpha value is -2.93. The molecule has 0 saturated carbocycles. The molecule has 1 aromatic carbocycles. The van der Waals surface area contributed by atoms with E-state index in [2.05, 4.69) is 20.4 Å². The number of nitrogens with two attached hydrogens (primary N) is 1. The summed E-state index contributed by atoms with van der Waals surface area (Å²) in [6.45, 7) is 1.58. The minimum Gasteiger partial charge on any atom is -0.348 e. The van der Waals surface area contributed by atoms with Crippen LogP contribution in [0.15, 0.2) is 36.7 Å². The quantitative estimate of drug-likeness (QED) is 0.659. The molecule has 0 atom stereocenters. The Morgan fingerprint density at radius 2 is 2.32 bits per heavy atom. The number of carbonyl (C=O) groups excluding carboxylic acids is 1. The van der Waals surface area contributed by atoms with Gasteiger partial charge in [0.2, 0.25) is 0 Å². The van der Waals surface area contributed by atoms with Crippen molar-refractivity contribution < 1.29 is 4.79 Å². The molecule has 0 saturated heterocycles. The van der Waals surface area contributed by atoms with Crippen molar-refractivity contribution in [1.29, 1.82) is 0 Å². The maximum absolute atomic E-state index is 12.7. The highest BCUT2D eigenvalue weighted by Gasteiger charge is 2.25. The molecule has 128 valence electrons. The van der Waals surface area contributed by atoms with Crippen LogP contribution in [-0.4, -0.2) is 25.7 Å². The lowest BCUT2D eigenvalue weighted by Gasteiger charge is -2.08. The zero-order valence-electron chi connectivity index (χ0n) is 13.8. The number of hydrogen-bond donors (Lipinski definition) is 3. The van der Waals surface area contributed by atoms with Crippen molar-refractivity contribution in [2.45, 2.75) is 32.5 Å². The van der Waals surface area contributed by atoms with E-state index in [1.165, 1.54) is 0 Å². The number of aromatic nitrogens is 4. The number of aromatic amines is 1. The third kappa shape index (κ3) is 2.94. The summed E-state index contributed by atoms with van der Waals surface area (Å²) in [5, 5.41) is 7.45. The molecule has 0 bridgehead atoms. The van der Waals surface area contributed by atoms with E-state index in [4.69, 9.17) is 5.73 Å². The Morgan fingerprint density at radius 1 is 1.40 bits per heavy atom. The molecule has 1 amide bonds. The number of hydrogen-bond acceptors (Lipinski definition) is 4. The zero-order chi connectivity index (χ0) is 17.2. The lowest BCUT2D eigenvalue weighted by Crippen LogP contribution is -2.25. The summed E-state index contributed by atoms with van der Waals surface area (Å²) >= 11 is 0. The Labute approximate surface area is 145 Å². The highest BCUT2D eigenvalue weighted by atomic mass is 16.1. The van der Waals surface area contributed by atoms with Gasteiger partial charge in [0.1, 0.15) is 5.82 Å². The van der Waals surface area contributed by atoms with Gasteiger partial charge in [-0.25, -0.2) is 4.98 Å². The van der Waals surface area contributed by atoms with Crippen molar-refractivity contribution in [2.75, 3.05) is 0 Å². The van der Waals surface area contributed by atoms with Gasteiger partial charge in [0.15, 0.2) is 0 Å². The van der Waals surface area contributed by atoms with E-state index < -0.39 is 0 Å². The second kappa shape index (κ2) is 6.52. The largest absolute Gasteiger partial charge is 0.348 e. The first-order valence-corrected chi connectivity index (χ1v) is 8.42. The van der Waals surface area contributed by atoms with Gasteiger partial charge in [-0.1, -0.05) is 18.2 Å². The SMILES string of the molecule is NCc1nn2c(c1C(=O)NCc1cccc(-c3ncc[nH]3)c1)CCC2. The first-order chi connectivity index (χ1) is 12.3. The van der Waals surface area contributed by atoms with Gasteiger partial charge in [0.05, 0.1) is 17.0 Å². The molecular weight excluding hydrogens is 316 g/mol. The molecule has 3 heterocycles. The van der Waals surface area contributed by atoms with E-state index in [-0.39, 0.29) is 12.5 Å². The molecule has 3 aromatic rings. The second-order valence-electron chi connectivity index (χ2n) is 6.12. The molecule has 0 aliphatic carbocycles. The van der Waals surface area contributed by atoms with Crippen molar-refractivity contribution >= 4 is 5.91 Å². The van der Waals surface area contributed by atoms with Crippen LogP contribution in [0.3, 0.4) is 0 Å². The molecule has 1 aliphatic heterocycles. The molecule has 0 radical (unpaired) electrons. The minimum atomic E-state index is -0.105.